The molecule has 30 heavy (non-hydrogen) atoms. The van der Waals surface area contributed by atoms with Gasteiger partial charge in [-0.25, -0.2) is 0 Å². The van der Waals surface area contributed by atoms with E-state index in [1.807, 2.05) is 0 Å². The lowest BCUT2D eigenvalue weighted by Gasteiger charge is -2.35. The predicted octanol–water partition coefficient (Wildman–Crippen LogP) is 9.26. The van der Waals surface area contributed by atoms with Crippen LogP contribution in [0.3, 0.4) is 0 Å². The zero-order valence-electron chi connectivity index (χ0n) is 21.3. The van der Waals surface area contributed by atoms with Gasteiger partial charge in [-0.15, -0.1) is 0 Å². The van der Waals surface area contributed by atoms with Gasteiger partial charge in [-0.3, -0.25) is 0 Å². The molecule has 1 atom stereocenters. The Balaban J connectivity index is 1.96. The first kappa shape index (κ1) is 27.4. The first-order chi connectivity index (χ1) is 14.7. The smallest absolute Gasteiger partial charge is 0.101 e. The first-order valence-electron chi connectivity index (χ1n) is 13.9. The number of nitrogens with zero attached hydrogens (tertiary/aromatic N) is 2. The van der Waals surface area contributed by atoms with Crippen molar-refractivity contribution in [3.05, 3.63) is 12.4 Å². The van der Waals surface area contributed by atoms with Crippen molar-refractivity contribution in [1.29, 1.82) is 0 Å². The largest absolute Gasteiger partial charge is 0.356 e. The van der Waals surface area contributed by atoms with Crippen LogP contribution in [0.15, 0.2) is 12.4 Å². The maximum atomic E-state index is 2.62. The highest BCUT2D eigenvalue weighted by atomic mass is 15.4. The summed E-state index contributed by atoms with van der Waals surface area (Å²) < 4.78 is 0. The van der Waals surface area contributed by atoms with Crippen molar-refractivity contribution in [3.63, 3.8) is 0 Å². The van der Waals surface area contributed by atoms with Crippen LogP contribution in [0.25, 0.3) is 0 Å². The van der Waals surface area contributed by atoms with Gasteiger partial charge in [-0.05, 0) is 33.1 Å². The lowest BCUT2D eigenvalue weighted by Crippen LogP contribution is -2.42. The predicted molar refractivity (Wildman–Crippen MR) is 136 cm³/mol. The molecular formula is C28H56N2. The lowest BCUT2D eigenvalue weighted by atomic mass is 10.0. The molecule has 1 heterocycles. The zero-order valence-corrected chi connectivity index (χ0v) is 21.3. The molecule has 2 heteroatoms. The van der Waals surface area contributed by atoms with Gasteiger partial charge >= 0.3 is 0 Å². The van der Waals surface area contributed by atoms with Gasteiger partial charge < -0.3 is 9.80 Å². The highest BCUT2D eigenvalue weighted by Gasteiger charge is 2.26. The van der Waals surface area contributed by atoms with Crippen molar-refractivity contribution in [2.24, 2.45) is 0 Å². The van der Waals surface area contributed by atoms with E-state index in [4.69, 9.17) is 0 Å². The number of rotatable bonds is 21. The van der Waals surface area contributed by atoms with Gasteiger partial charge in [0.15, 0.2) is 0 Å². The Morgan fingerprint density at radius 1 is 0.567 bits per heavy atom. The summed E-state index contributed by atoms with van der Waals surface area (Å²) in [6, 6.07) is 0.610. The van der Waals surface area contributed by atoms with Crippen LogP contribution in [0.4, 0.5) is 0 Å². The van der Waals surface area contributed by atoms with Crippen LogP contribution in [0.5, 0.6) is 0 Å². The van der Waals surface area contributed by atoms with E-state index >= 15 is 0 Å². The average molecular weight is 421 g/mol. The minimum Gasteiger partial charge on any atom is -0.356 e. The number of unbranched alkanes of at least 4 members (excludes halogenated alkanes) is 16. The molecule has 1 aliphatic rings. The third-order valence-corrected chi connectivity index (χ3v) is 6.84. The molecule has 0 amide bonds. The Kier molecular flexibility index (Phi) is 17.4. The maximum Gasteiger partial charge on any atom is 0.101 e. The highest BCUT2D eigenvalue weighted by molar-refractivity contribution is 4.98. The molecule has 1 aliphatic heterocycles. The summed E-state index contributed by atoms with van der Waals surface area (Å²) in [7, 11) is 0. The second kappa shape index (κ2) is 19.1. The molecule has 0 N–H and O–H groups in total. The van der Waals surface area contributed by atoms with Gasteiger partial charge in [0.05, 0.1) is 0 Å². The zero-order chi connectivity index (χ0) is 21.9. The molecule has 0 radical (unpaired) electrons. The summed E-state index contributed by atoms with van der Waals surface area (Å²) >= 11 is 0. The molecule has 2 nitrogen and oxygen atoms in total. The monoisotopic (exact) mass is 420 g/mol. The van der Waals surface area contributed by atoms with E-state index < -0.39 is 0 Å². The van der Waals surface area contributed by atoms with Crippen molar-refractivity contribution >= 4 is 0 Å². The first-order valence-corrected chi connectivity index (χ1v) is 13.9. The van der Waals surface area contributed by atoms with Gasteiger partial charge in [0.2, 0.25) is 0 Å². The molecule has 178 valence electrons. The van der Waals surface area contributed by atoms with E-state index in [0.29, 0.717) is 12.2 Å². The standard InChI is InChI=1S/C28H56N2/c1-5-7-9-10-11-12-13-14-15-16-17-18-19-20-22-24-29-25-26-30(27(3)4)28(29)23-21-8-6-2/h25-28H,5-24H2,1-4H3. The molecule has 0 bridgehead atoms. The van der Waals surface area contributed by atoms with Crippen LogP contribution in [0, 0.1) is 0 Å². The summed E-state index contributed by atoms with van der Waals surface area (Å²) in [5.41, 5.74) is 0. The second-order valence-electron chi connectivity index (χ2n) is 10.0. The van der Waals surface area contributed by atoms with Crippen LogP contribution in [-0.2, 0) is 0 Å². The topological polar surface area (TPSA) is 6.48 Å². The minimum atomic E-state index is 0.610. The average Bonchev–Trinajstić information content (AvgIpc) is 3.14. The molecule has 0 saturated heterocycles. The van der Waals surface area contributed by atoms with E-state index in [2.05, 4.69) is 49.9 Å². The van der Waals surface area contributed by atoms with E-state index in [9.17, 15) is 0 Å². The Morgan fingerprint density at radius 2 is 1.00 bits per heavy atom. The summed E-state index contributed by atoms with van der Waals surface area (Å²) in [5, 5.41) is 0. The third-order valence-electron chi connectivity index (χ3n) is 6.84. The van der Waals surface area contributed by atoms with Gasteiger partial charge in [0.1, 0.15) is 6.17 Å². The van der Waals surface area contributed by atoms with E-state index in [1.165, 1.54) is 129 Å². The van der Waals surface area contributed by atoms with Crippen molar-refractivity contribution in [1.82, 2.24) is 9.80 Å². The normalized spacial score (nSPS) is 16.4. The molecule has 0 aliphatic carbocycles. The van der Waals surface area contributed by atoms with Crippen molar-refractivity contribution in [2.75, 3.05) is 6.54 Å². The quantitative estimate of drug-likeness (QED) is 0.171. The van der Waals surface area contributed by atoms with Gasteiger partial charge in [0.25, 0.3) is 0 Å². The molecule has 0 saturated carbocycles. The van der Waals surface area contributed by atoms with Gasteiger partial charge in [0, 0.05) is 25.0 Å². The molecule has 0 fully saturated rings. The Bertz CT molecular complexity index is 390. The van der Waals surface area contributed by atoms with Crippen LogP contribution >= 0.6 is 0 Å². The number of hydrogen-bond donors (Lipinski definition) is 0. The SMILES string of the molecule is CCCCCCCCCCCCCCCCCN1C=CN(C(C)C)C1CCCCC. The molecule has 0 aromatic heterocycles. The molecule has 0 aromatic carbocycles. The maximum absolute atomic E-state index is 2.62. The van der Waals surface area contributed by atoms with Crippen LogP contribution < -0.4 is 0 Å². The lowest BCUT2D eigenvalue weighted by molar-refractivity contribution is 0.114. The van der Waals surface area contributed by atoms with E-state index in [-0.39, 0.29) is 0 Å². The Labute approximate surface area is 190 Å². The summed E-state index contributed by atoms with van der Waals surface area (Å²) in [5.74, 6) is 0. The fourth-order valence-corrected chi connectivity index (χ4v) is 4.83. The summed E-state index contributed by atoms with van der Waals surface area (Å²) in [4.78, 5) is 5.19. The second-order valence-corrected chi connectivity index (χ2v) is 10.0. The highest BCUT2D eigenvalue weighted by Crippen LogP contribution is 2.24. The van der Waals surface area contributed by atoms with Crippen LogP contribution in [0.1, 0.15) is 150 Å². The molecule has 1 unspecified atom stereocenters. The van der Waals surface area contributed by atoms with Gasteiger partial charge in [-0.2, -0.15) is 0 Å². The number of hydrogen-bond acceptors (Lipinski definition) is 2. The fourth-order valence-electron chi connectivity index (χ4n) is 4.83. The van der Waals surface area contributed by atoms with Gasteiger partial charge in [-0.1, -0.05) is 117 Å². The van der Waals surface area contributed by atoms with E-state index in [0.717, 1.165) is 0 Å². The molecular weight excluding hydrogens is 364 g/mol. The molecule has 1 rings (SSSR count). The fraction of sp³-hybridized carbons (Fsp3) is 0.929. The van der Waals surface area contributed by atoms with Crippen molar-refractivity contribution < 1.29 is 0 Å². The van der Waals surface area contributed by atoms with Crippen molar-refractivity contribution in [2.45, 2.75) is 162 Å². The molecule has 0 aromatic rings. The Morgan fingerprint density at radius 3 is 1.47 bits per heavy atom. The van der Waals surface area contributed by atoms with Crippen molar-refractivity contribution in [3.8, 4) is 0 Å². The molecule has 0 spiro atoms. The summed E-state index contributed by atoms with van der Waals surface area (Å²) in [6.45, 7) is 10.5. The van der Waals surface area contributed by atoms with Crippen LogP contribution in [-0.4, -0.2) is 28.6 Å². The minimum absolute atomic E-state index is 0.610. The Hall–Kier alpha value is -0.660. The third kappa shape index (κ3) is 12.9. The summed E-state index contributed by atoms with van der Waals surface area (Å²) in [6.07, 6.45) is 32.4. The van der Waals surface area contributed by atoms with E-state index in [1.54, 1.807) is 0 Å². The van der Waals surface area contributed by atoms with Crippen LogP contribution in [0.2, 0.25) is 0 Å².